The molecular weight excluding hydrogens is 321 g/mol. The highest BCUT2D eigenvalue weighted by atomic mass is 79.9. The van der Waals surface area contributed by atoms with Gasteiger partial charge in [-0.2, -0.15) is 0 Å². The summed E-state index contributed by atoms with van der Waals surface area (Å²) >= 11 is 9.57. The molecule has 0 bridgehead atoms. The molecule has 0 heterocycles. The number of alkyl halides is 1. The molecule has 0 saturated heterocycles. The van der Waals surface area contributed by atoms with E-state index in [1.165, 1.54) is 18.2 Å². The molecule has 1 aliphatic carbocycles. The van der Waals surface area contributed by atoms with Gasteiger partial charge >= 0.3 is 0 Å². The number of non-ortho nitro benzene ring substituents is 1. The van der Waals surface area contributed by atoms with Crippen LogP contribution in [0.2, 0.25) is 5.02 Å². The first kappa shape index (κ1) is 13.6. The van der Waals surface area contributed by atoms with Crippen LogP contribution in [0.3, 0.4) is 0 Å². The fourth-order valence-corrected chi connectivity index (χ4v) is 2.68. The maximum absolute atomic E-state index is 10.7. The molecule has 2 rings (SSSR count). The van der Waals surface area contributed by atoms with Crippen molar-refractivity contribution in [1.29, 1.82) is 0 Å². The lowest BCUT2D eigenvalue weighted by Gasteiger charge is -2.48. The summed E-state index contributed by atoms with van der Waals surface area (Å²) in [5.41, 5.74) is -0.0181. The van der Waals surface area contributed by atoms with Gasteiger partial charge in [0.2, 0.25) is 0 Å². The second-order valence-corrected chi connectivity index (χ2v) is 6.52. The third kappa shape index (κ3) is 2.34. The molecule has 1 fully saturated rings. The van der Waals surface area contributed by atoms with Gasteiger partial charge in [0.1, 0.15) is 11.9 Å². The van der Waals surface area contributed by atoms with Crippen LogP contribution in [0.15, 0.2) is 18.2 Å². The lowest BCUT2D eigenvalue weighted by Crippen LogP contribution is -2.53. The van der Waals surface area contributed by atoms with Crippen LogP contribution in [0, 0.1) is 15.5 Å². The van der Waals surface area contributed by atoms with Crippen LogP contribution >= 0.6 is 27.5 Å². The Labute approximate surface area is 119 Å². The summed E-state index contributed by atoms with van der Waals surface area (Å²) in [6, 6.07) is 4.24. The maximum Gasteiger partial charge on any atom is 0.273 e. The highest BCUT2D eigenvalue weighted by Gasteiger charge is 2.48. The molecule has 1 aliphatic rings. The number of hydrogen-bond donors (Lipinski definition) is 0. The Morgan fingerprint density at radius 2 is 2.22 bits per heavy atom. The van der Waals surface area contributed by atoms with Crippen LogP contribution in [-0.2, 0) is 0 Å². The van der Waals surface area contributed by atoms with Gasteiger partial charge in [0.15, 0.2) is 0 Å². The van der Waals surface area contributed by atoms with E-state index in [2.05, 4.69) is 29.8 Å². The van der Waals surface area contributed by atoms with Gasteiger partial charge in [0.25, 0.3) is 5.69 Å². The quantitative estimate of drug-likeness (QED) is 0.473. The van der Waals surface area contributed by atoms with Crippen molar-refractivity contribution in [1.82, 2.24) is 0 Å². The number of rotatable bonds is 3. The second kappa shape index (κ2) is 4.70. The Morgan fingerprint density at radius 3 is 2.72 bits per heavy atom. The van der Waals surface area contributed by atoms with Crippen LogP contribution in [0.4, 0.5) is 5.69 Å². The van der Waals surface area contributed by atoms with Crippen LogP contribution < -0.4 is 4.74 Å². The van der Waals surface area contributed by atoms with Gasteiger partial charge in [-0.3, -0.25) is 10.1 Å². The third-order valence-corrected chi connectivity index (χ3v) is 5.32. The van der Waals surface area contributed by atoms with Crippen LogP contribution in [-0.4, -0.2) is 15.9 Å². The van der Waals surface area contributed by atoms with E-state index < -0.39 is 4.92 Å². The zero-order valence-corrected chi connectivity index (χ0v) is 12.4. The molecule has 0 N–H and O–H groups in total. The highest BCUT2D eigenvalue weighted by Crippen LogP contribution is 2.48. The van der Waals surface area contributed by atoms with Crippen molar-refractivity contribution < 1.29 is 9.66 Å². The Bertz CT molecular complexity index is 492. The number of benzene rings is 1. The fraction of sp³-hybridized carbons (Fsp3) is 0.500. The Morgan fingerprint density at radius 1 is 1.56 bits per heavy atom. The molecule has 98 valence electrons. The lowest BCUT2D eigenvalue weighted by molar-refractivity contribution is -0.385. The fourth-order valence-electron chi connectivity index (χ4n) is 1.89. The van der Waals surface area contributed by atoms with Crippen molar-refractivity contribution in [3.8, 4) is 5.75 Å². The number of ether oxygens (including phenoxy) is 1. The molecular formula is C12H13BrClNO3. The normalized spacial score (nSPS) is 25.3. The van der Waals surface area contributed by atoms with Crippen LogP contribution in [0.5, 0.6) is 5.75 Å². The summed E-state index contributed by atoms with van der Waals surface area (Å²) in [6.07, 6.45) is 0.882. The summed E-state index contributed by atoms with van der Waals surface area (Å²) in [6.45, 7) is 4.18. The molecule has 2 atom stereocenters. The molecule has 18 heavy (non-hydrogen) atoms. The predicted octanol–water partition coefficient (Wildman–Crippen LogP) is 4.19. The van der Waals surface area contributed by atoms with Gasteiger partial charge < -0.3 is 4.74 Å². The SMILES string of the molecule is CC1(C)C(Br)CC1Oc1cc([N+](=O)[O-])ccc1Cl. The molecule has 0 amide bonds. The highest BCUT2D eigenvalue weighted by molar-refractivity contribution is 9.09. The van der Waals surface area contributed by atoms with Gasteiger partial charge in [0, 0.05) is 16.3 Å². The van der Waals surface area contributed by atoms with E-state index in [4.69, 9.17) is 16.3 Å². The minimum absolute atomic E-state index is 0.00600. The molecule has 0 aliphatic heterocycles. The molecule has 0 radical (unpaired) electrons. The van der Waals surface area contributed by atoms with Gasteiger partial charge in [-0.1, -0.05) is 41.4 Å². The van der Waals surface area contributed by atoms with E-state index in [1.807, 2.05) is 0 Å². The summed E-state index contributed by atoms with van der Waals surface area (Å²) in [7, 11) is 0. The van der Waals surface area contributed by atoms with Crippen molar-refractivity contribution in [2.45, 2.75) is 31.2 Å². The standard InChI is InChI=1S/C12H13BrClNO3/c1-12(2)10(13)6-11(12)18-9-5-7(15(16)17)3-4-8(9)14/h3-5,10-11H,6H2,1-2H3. The third-order valence-electron chi connectivity index (χ3n) is 3.45. The summed E-state index contributed by atoms with van der Waals surface area (Å²) in [4.78, 5) is 10.7. The zero-order valence-electron chi connectivity index (χ0n) is 10.0. The van der Waals surface area contributed by atoms with Gasteiger partial charge in [-0.25, -0.2) is 0 Å². The molecule has 4 nitrogen and oxygen atoms in total. The Hall–Kier alpha value is -0.810. The van der Waals surface area contributed by atoms with Crippen molar-refractivity contribution in [3.05, 3.63) is 33.3 Å². The first-order valence-electron chi connectivity index (χ1n) is 5.57. The Kier molecular flexibility index (Phi) is 3.56. The monoisotopic (exact) mass is 333 g/mol. The van der Waals surface area contributed by atoms with E-state index in [9.17, 15) is 10.1 Å². The van der Waals surface area contributed by atoms with E-state index in [1.54, 1.807) is 0 Å². The number of nitrogens with zero attached hydrogens (tertiary/aromatic N) is 1. The largest absolute Gasteiger partial charge is 0.488 e. The average molecular weight is 335 g/mol. The number of nitro groups is 1. The number of hydrogen-bond acceptors (Lipinski definition) is 3. The Balaban J connectivity index is 2.19. The molecule has 1 saturated carbocycles. The topological polar surface area (TPSA) is 52.4 Å². The first-order valence-corrected chi connectivity index (χ1v) is 6.86. The molecule has 0 aromatic heterocycles. The number of nitro benzene ring substituents is 1. The smallest absolute Gasteiger partial charge is 0.273 e. The summed E-state index contributed by atoms with van der Waals surface area (Å²) in [5, 5.41) is 11.1. The maximum atomic E-state index is 10.7. The lowest BCUT2D eigenvalue weighted by atomic mass is 9.69. The average Bonchev–Trinajstić information content (AvgIpc) is 2.30. The van der Waals surface area contributed by atoms with Crippen molar-refractivity contribution in [2.24, 2.45) is 5.41 Å². The summed E-state index contributed by atoms with van der Waals surface area (Å²) < 4.78 is 5.79. The molecule has 1 aromatic carbocycles. The van der Waals surface area contributed by atoms with Crippen molar-refractivity contribution in [3.63, 3.8) is 0 Å². The van der Waals surface area contributed by atoms with Crippen LogP contribution in [0.1, 0.15) is 20.3 Å². The van der Waals surface area contributed by atoms with Gasteiger partial charge in [0.05, 0.1) is 16.0 Å². The van der Waals surface area contributed by atoms with Crippen molar-refractivity contribution >= 4 is 33.2 Å². The predicted molar refractivity (Wildman–Crippen MR) is 73.6 cm³/mol. The molecule has 6 heteroatoms. The minimum atomic E-state index is -0.456. The summed E-state index contributed by atoms with van der Waals surface area (Å²) in [5.74, 6) is 0.378. The van der Waals surface area contributed by atoms with E-state index in [0.717, 1.165) is 6.42 Å². The molecule has 2 unspecified atom stereocenters. The zero-order chi connectivity index (χ0) is 13.5. The second-order valence-electron chi connectivity index (χ2n) is 5.00. The van der Waals surface area contributed by atoms with E-state index in [-0.39, 0.29) is 17.2 Å². The van der Waals surface area contributed by atoms with Crippen LogP contribution in [0.25, 0.3) is 0 Å². The van der Waals surface area contributed by atoms with Gasteiger partial charge in [-0.05, 0) is 12.5 Å². The van der Waals surface area contributed by atoms with E-state index >= 15 is 0 Å². The molecule has 0 spiro atoms. The van der Waals surface area contributed by atoms with E-state index in [0.29, 0.717) is 15.6 Å². The van der Waals surface area contributed by atoms with Gasteiger partial charge in [-0.15, -0.1) is 0 Å². The molecule has 1 aromatic rings. The first-order chi connectivity index (χ1) is 8.32. The van der Waals surface area contributed by atoms with Crippen molar-refractivity contribution in [2.75, 3.05) is 0 Å². The minimum Gasteiger partial charge on any atom is -0.488 e. The number of halogens is 2.